The number of rotatable bonds is 4. The van der Waals surface area contributed by atoms with Crippen LogP contribution in [0.15, 0.2) is 18.3 Å². The molecular formula is C12H18N2OS. The zero-order valence-corrected chi connectivity index (χ0v) is 10.4. The molecule has 1 aliphatic rings. The molecule has 1 N–H and O–H groups in total. The van der Waals surface area contributed by atoms with Crippen LogP contribution in [0.3, 0.4) is 0 Å². The monoisotopic (exact) mass is 238 g/mol. The number of anilines is 1. The van der Waals surface area contributed by atoms with Crippen LogP contribution in [0, 0.1) is 0 Å². The summed E-state index contributed by atoms with van der Waals surface area (Å²) in [7, 11) is 1.90. The van der Waals surface area contributed by atoms with E-state index in [0.29, 0.717) is 0 Å². The molecule has 16 heavy (non-hydrogen) atoms. The Bertz CT molecular complexity index is 327. The van der Waals surface area contributed by atoms with Gasteiger partial charge < -0.3 is 10.1 Å². The van der Waals surface area contributed by atoms with Gasteiger partial charge in [0.1, 0.15) is 5.82 Å². The second-order valence-electron chi connectivity index (χ2n) is 3.92. The number of nitrogens with one attached hydrogen (secondary N) is 1. The van der Waals surface area contributed by atoms with Crippen molar-refractivity contribution in [1.82, 2.24) is 4.98 Å². The predicted molar refractivity (Wildman–Crippen MR) is 68.9 cm³/mol. The highest BCUT2D eigenvalue weighted by Gasteiger charge is 2.13. The van der Waals surface area contributed by atoms with E-state index in [0.717, 1.165) is 30.0 Å². The summed E-state index contributed by atoms with van der Waals surface area (Å²) >= 11 is 2.03. The van der Waals surface area contributed by atoms with Gasteiger partial charge in [0.25, 0.3) is 0 Å². The molecule has 1 saturated heterocycles. The minimum Gasteiger partial charge on any atom is -0.381 e. The zero-order chi connectivity index (χ0) is 11.2. The van der Waals surface area contributed by atoms with Gasteiger partial charge in [0.05, 0.1) is 0 Å². The standard InChI is InChI=1S/C12H18N2OS/c1-13-12-8-10(2-5-14-12)9-16-11-3-6-15-7-4-11/h2,5,8,11H,3-4,6-7,9H2,1H3,(H,13,14). The minimum atomic E-state index is 0.764. The molecule has 2 rings (SSSR count). The maximum atomic E-state index is 5.35. The van der Waals surface area contributed by atoms with Gasteiger partial charge in [-0.05, 0) is 30.5 Å². The third kappa shape index (κ3) is 3.39. The van der Waals surface area contributed by atoms with E-state index >= 15 is 0 Å². The molecule has 0 bridgehead atoms. The van der Waals surface area contributed by atoms with Crippen LogP contribution in [0.25, 0.3) is 0 Å². The molecule has 0 atom stereocenters. The topological polar surface area (TPSA) is 34.1 Å². The Kier molecular flexibility index (Phi) is 4.48. The third-order valence-electron chi connectivity index (χ3n) is 2.73. The number of nitrogens with zero attached hydrogens (tertiary/aromatic N) is 1. The molecule has 0 radical (unpaired) electrons. The molecule has 1 aromatic rings. The quantitative estimate of drug-likeness (QED) is 0.874. The van der Waals surface area contributed by atoms with Crippen LogP contribution < -0.4 is 5.32 Å². The van der Waals surface area contributed by atoms with Crippen molar-refractivity contribution in [2.24, 2.45) is 0 Å². The Balaban J connectivity index is 1.83. The van der Waals surface area contributed by atoms with Crippen molar-refractivity contribution in [2.45, 2.75) is 23.8 Å². The van der Waals surface area contributed by atoms with Gasteiger partial charge in [0.2, 0.25) is 0 Å². The largest absolute Gasteiger partial charge is 0.381 e. The molecule has 0 saturated carbocycles. The van der Waals surface area contributed by atoms with E-state index < -0.39 is 0 Å². The molecule has 0 aromatic carbocycles. The van der Waals surface area contributed by atoms with Crippen molar-refractivity contribution >= 4 is 17.6 Å². The second-order valence-corrected chi connectivity index (χ2v) is 5.21. The smallest absolute Gasteiger partial charge is 0.125 e. The molecule has 88 valence electrons. The van der Waals surface area contributed by atoms with Gasteiger partial charge in [0, 0.05) is 37.5 Å². The van der Waals surface area contributed by atoms with Gasteiger partial charge in [-0.2, -0.15) is 11.8 Å². The van der Waals surface area contributed by atoms with Crippen molar-refractivity contribution in [3.8, 4) is 0 Å². The summed E-state index contributed by atoms with van der Waals surface area (Å²) in [4.78, 5) is 4.21. The van der Waals surface area contributed by atoms with E-state index in [2.05, 4.69) is 22.4 Å². The van der Waals surface area contributed by atoms with Crippen LogP contribution in [0.5, 0.6) is 0 Å². The molecule has 3 nitrogen and oxygen atoms in total. The van der Waals surface area contributed by atoms with Gasteiger partial charge in [-0.3, -0.25) is 0 Å². The molecule has 1 aromatic heterocycles. The highest BCUT2D eigenvalue weighted by Crippen LogP contribution is 2.25. The molecule has 4 heteroatoms. The lowest BCUT2D eigenvalue weighted by Crippen LogP contribution is -2.17. The average Bonchev–Trinajstić information content (AvgIpc) is 2.38. The zero-order valence-electron chi connectivity index (χ0n) is 9.61. The summed E-state index contributed by atoms with van der Waals surface area (Å²) < 4.78 is 5.35. The van der Waals surface area contributed by atoms with E-state index in [-0.39, 0.29) is 0 Å². The summed E-state index contributed by atoms with van der Waals surface area (Å²) in [6, 6.07) is 4.21. The summed E-state index contributed by atoms with van der Waals surface area (Å²) in [5.74, 6) is 2.02. The second kappa shape index (κ2) is 6.11. The lowest BCUT2D eigenvalue weighted by Gasteiger charge is -2.21. The lowest BCUT2D eigenvalue weighted by molar-refractivity contribution is 0.1000. The Morgan fingerprint density at radius 1 is 1.50 bits per heavy atom. The Labute approximate surface area is 101 Å². The van der Waals surface area contributed by atoms with Gasteiger partial charge >= 0.3 is 0 Å². The van der Waals surface area contributed by atoms with E-state index in [1.807, 2.05) is 25.0 Å². The fourth-order valence-corrected chi connectivity index (χ4v) is 2.89. The molecule has 2 heterocycles. The van der Waals surface area contributed by atoms with Crippen molar-refractivity contribution in [1.29, 1.82) is 0 Å². The molecule has 0 unspecified atom stereocenters. The van der Waals surface area contributed by atoms with Crippen molar-refractivity contribution in [3.63, 3.8) is 0 Å². The fraction of sp³-hybridized carbons (Fsp3) is 0.583. The van der Waals surface area contributed by atoms with Crippen LogP contribution in [0.4, 0.5) is 5.82 Å². The van der Waals surface area contributed by atoms with Crippen LogP contribution in [0.1, 0.15) is 18.4 Å². The fourth-order valence-electron chi connectivity index (χ4n) is 1.76. The normalized spacial score (nSPS) is 17.3. The number of thioether (sulfide) groups is 1. The van der Waals surface area contributed by atoms with Gasteiger partial charge in [-0.25, -0.2) is 4.98 Å². The maximum absolute atomic E-state index is 5.35. The summed E-state index contributed by atoms with van der Waals surface area (Å²) in [6.45, 7) is 1.85. The Morgan fingerprint density at radius 3 is 3.06 bits per heavy atom. The first kappa shape index (κ1) is 11.7. The van der Waals surface area contributed by atoms with Crippen LogP contribution in [-0.4, -0.2) is 30.5 Å². The average molecular weight is 238 g/mol. The highest BCUT2D eigenvalue weighted by atomic mass is 32.2. The van der Waals surface area contributed by atoms with E-state index in [1.165, 1.54) is 18.4 Å². The first-order valence-electron chi connectivity index (χ1n) is 5.70. The van der Waals surface area contributed by atoms with Crippen LogP contribution >= 0.6 is 11.8 Å². The van der Waals surface area contributed by atoms with E-state index in [1.54, 1.807) is 0 Å². The number of pyridine rings is 1. The summed E-state index contributed by atoms with van der Waals surface area (Å²) in [5, 5.41) is 3.83. The van der Waals surface area contributed by atoms with Gasteiger partial charge in [-0.1, -0.05) is 0 Å². The summed E-state index contributed by atoms with van der Waals surface area (Å²) in [5.41, 5.74) is 1.34. The molecule has 1 fully saturated rings. The lowest BCUT2D eigenvalue weighted by atomic mass is 10.2. The molecule has 0 spiro atoms. The van der Waals surface area contributed by atoms with E-state index in [4.69, 9.17) is 4.74 Å². The number of hydrogen-bond acceptors (Lipinski definition) is 4. The third-order valence-corrected chi connectivity index (χ3v) is 4.18. The Morgan fingerprint density at radius 2 is 2.31 bits per heavy atom. The van der Waals surface area contributed by atoms with Gasteiger partial charge in [-0.15, -0.1) is 0 Å². The first-order chi connectivity index (χ1) is 7.88. The minimum absolute atomic E-state index is 0.764. The molecule has 1 aliphatic heterocycles. The first-order valence-corrected chi connectivity index (χ1v) is 6.75. The Hall–Kier alpha value is -0.740. The number of hydrogen-bond donors (Lipinski definition) is 1. The molecule has 0 aliphatic carbocycles. The maximum Gasteiger partial charge on any atom is 0.125 e. The molecular weight excluding hydrogens is 220 g/mol. The molecule has 0 amide bonds. The van der Waals surface area contributed by atoms with Gasteiger partial charge in [0.15, 0.2) is 0 Å². The van der Waals surface area contributed by atoms with Crippen LogP contribution in [0.2, 0.25) is 0 Å². The number of ether oxygens (including phenoxy) is 1. The van der Waals surface area contributed by atoms with Crippen molar-refractivity contribution in [3.05, 3.63) is 23.9 Å². The summed E-state index contributed by atoms with van der Waals surface area (Å²) in [6.07, 6.45) is 4.25. The predicted octanol–water partition coefficient (Wildman–Crippen LogP) is 2.54. The van der Waals surface area contributed by atoms with Crippen molar-refractivity contribution < 1.29 is 4.74 Å². The number of aromatic nitrogens is 1. The highest BCUT2D eigenvalue weighted by molar-refractivity contribution is 7.99. The van der Waals surface area contributed by atoms with Crippen LogP contribution in [-0.2, 0) is 10.5 Å². The van der Waals surface area contributed by atoms with E-state index in [9.17, 15) is 0 Å². The van der Waals surface area contributed by atoms with Crippen molar-refractivity contribution in [2.75, 3.05) is 25.6 Å². The SMILES string of the molecule is CNc1cc(CSC2CCOCC2)ccn1.